The van der Waals surface area contributed by atoms with E-state index in [1.807, 2.05) is 30.1 Å². The van der Waals surface area contributed by atoms with Crippen molar-refractivity contribution in [1.82, 2.24) is 4.98 Å². The first-order chi connectivity index (χ1) is 7.84. The Morgan fingerprint density at radius 2 is 2.38 bits per heavy atom. The molecule has 0 aromatic carbocycles. The third-order valence-electron chi connectivity index (χ3n) is 2.37. The third-order valence-corrected chi connectivity index (χ3v) is 3.37. The summed E-state index contributed by atoms with van der Waals surface area (Å²) in [6.45, 7) is 0. The molecule has 0 aliphatic heterocycles. The second kappa shape index (κ2) is 5.89. The lowest BCUT2D eigenvalue weighted by Gasteiger charge is -2.01. The Hall–Kier alpha value is -1.03. The maximum absolute atomic E-state index is 5.82. The van der Waals surface area contributed by atoms with E-state index in [1.165, 1.54) is 12.8 Å². The Balaban J connectivity index is 1.61. The zero-order valence-corrected chi connectivity index (χ0v) is 10.1. The molecule has 1 aliphatic carbocycles. The first kappa shape index (κ1) is 11.5. The SMILES string of the molecule is NC(CCSCc1ccccn1)=NC1CC1. The zero-order chi connectivity index (χ0) is 11.2. The lowest BCUT2D eigenvalue weighted by atomic mass is 10.4. The normalized spacial score (nSPS) is 16.4. The molecule has 4 heteroatoms. The molecule has 1 aliphatic rings. The first-order valence-corrected chi connectivity index (χ1v) is 6.80. The number of nitrogens with two attached hydrogens (primary N) is 1. The quantitative estimate of drug-likeness (QED) is 0.467. The van der Waals surface area contributed by atoms with E-state index >= 15 is 0 Å². The van der Waals surface area contributed by atoms with Crippen molar-refractivity contribution in [3.05, 3.63) is 30.1 Å². The van der Waals surface area contributed by atoms with Crippen LogP contribution in [0.4, 0.5) is 0 Å². The standard InChI is InChI=1S/C12H17N3S/c13-12(15-10-4-5-10)6-8-16-9-11-3-1-2-7-14-11/h1-3,7,10H,4-6,8-9H2,(H2,13,15). The largest absolute Gasteiger partial charge is 0.387 e. The highest BCUT2D eigenvalue weighted by Crippen LogP contribution is 2.23. The lowest BCUT2D eigenvalue weighted by molar-refractivity contribution is 1.04. The number of rotatable bonds is 6. The van der Waals surface area contributed by atoms with Gasteiger partial charge in [-0.3, -0.25) is 9.98 Å². The Morgan fingerprint density at radius 1 is 1.50 bits per heavy atom. The van der Waals surface area contributed by atoms with Crippen molar-refractivity contribution < 1.29 is 0 Å². The van der Waals surface area contributed by atoms with Crippen molar-refractivity contribution in [2.24, 2.45) is 10.7 Å². The molecule has 16 heavy (non-hydrogen) atoms. The van der Waals surface area contributed by atoms with Gasteiger partial charge >= 0.3 is 0 Å². The van der Waals surface area contributed by atoms with Crippen molar-refractivity contribution in [3.63, 3.8) is 0 Å². The van der Waals surface area contributed by atoms with Crippen LogP contribution < -0.4 is 5.73 Å². The van der Waals surface area contributed by atoms with Crippen LogP contribution in [-0.4, -0.2) is 22.6 Å². The number of nitrogens with zero attached hydrogens (tertiary/aromatic N) is 2. The Morgan fingerprint density at radius 3 is 3.06 bits per heavy atom. The highest BCUT2D eigenvalue weighted by molar-refractivity contribution is 7.98. The molecule has 2 N–H and O–H groups in total. The second-order valence-corrected chi connectivity index (χ2v) is 5.08. The monoisotopic (exact) mass is 235 g/mol. The van der Waals surface area contributed by atoms with Crippen LogP contribution in [0, 0.1) is 0 Å². The van der Waals surface area contributed by atoms with E-state index in [0.29, 0.717) is 6.04 Å². The predicted molar refractivity (Wildman–Crippen MR) is 69.7 cm³/mol. The van der Waals surface area contributed by atoms with Gasteiger partial charge in [-0.1, -0.05) is 6.07 Å². The smallest absolute Gasteiger partial charge is 0.0948 e. The summed E-state index contributed by atoms with van der Waals surface area (Å²) in [4.78, 5) is 8.67. The number of hydrogen-bond donors (Lipinski definition) is 1. The van der Waals surface area contributed by atoms with Crippen molar-refractivity contribution >= 4 is 17.6 Å². The van der Waals surface area contributed by atoms with Gasteiger partial charge in [0, 0.05) is 24.1 Å². The van der Waals surface area contributed by atoms with E-state index in [2.05, 4.69) is 16.0 Å². The molecular weight excluding hydrogens is 218 g/mol. The molecule has 0 saturated heterocycles. The van der Waals surface area contributed by atoms with Gasteiger partial charge in [-0.15, -0.1) is 0 Å². The summed E-state index contributed by atoms with van der Waals surface area (Å²) in [5.74, 6) is 2.80. The molecule has 86 valence electrons. The molecule has 1 fully saturated rings. The van der Waals surface area contributed by atoms with Crippen LogP contribution in [0.25, 0.3) is 0 Å². The first-order valence-electron chi connectivity index (χ1n) is 5.64. The summed E-state index contributed by atoms with van der Waals surface area (Å²) < 4.78 is 0. The number of pyridine rings is 1. The van der Waals surface area contributed by atoms with Gasteiger partial charge in [-0.25, -0.2) is 0 Å². The van der Waals surface area contributed by atoms with Gasteiger partial charge in [0.1, 0.15) is 0 Å². The topological polar surface area (TPSA) is 51.3 Å². The van der Waals surface area contributed by atoms with Crippen LogP contribution in [0.15, 0.2) is 29.4 Å². The van der Waals surface area contributed by atoms with Crippen LogP contribution in [0.3, 0.4) is 0 Å². The summed E-state index contributed by atoms with van der Waals surface area (Å²) in [5.41, 5.74) is 6.94. The summed E-state index contributed by atoms with van der Waals surface area (Å²) in [5, 5.41) is 0. The van der Waals surface area contributed by atoms with Crippen LogP contribution in [-0.2, 0) is 5.75 Å². The molecule has 1 saturated carbocycles. The predicted octanol–water partition coefficient (Wildman–Crippen LogP) is 2.22. The Kier molecular flexibility index (Phi) is 4.22. The molecule has 0 radical (unpaired) electrons. The van der Waals surface area contributed by atoms with Crippen molar-refractivity contribution in [2.45, 2.75) is 31.1 Å². The van der Waals surface area contributed by atoms with Crippen LogP contribution >= 0.6 is 11.8 Å². The van der Waals surface area contributed by atoms with Gasteiger partial charge < -0.3 is 5.73 Å². The van der Waals surface area contributed by atoms with E-state index in [-0.39, 0.29) is 0 Å². The van der Waals surface area contributed by atoms with Gasteiger partial charge in [-0.05, 0) is 25.0 Å². The summed E-state index contributed by atoms with van der Waals surface area (Å²) in [6, 6.07) is 6.55. The van der Waals surface area contributed by atoms with E-state index in [0.717, 1.165) is 29.5 Å². The van der Waals surface area contributed by atoms with Crippen molar-refractivity contribution in [3.8, 4) is 0 Å². The third kappa shape index (κ3) is 4.23. The van der Waals surface area contributed by atoms with Crippen LogP contribution in [0.5, 0.6) is 0 Å². The Labute approximate surface area is 101 Å². The number of aromatic nitrogens is 1. The molecule has 1 aromatic heterocycles. The molecule has 1 heterocycles. The highest BCUT2D eigenvalue weighted by atomic mass is 32.2. The molecule has 1 aromatic rings. The van der Waals surface area contributed by atoms with Crippen LogP contribution in [0.1, 0.15) is 25.0 Å². The number of hydrogen-bond acceptors (Lipinski definition) is 3. The van der Waals surface area contributed by atoms with Gasteiger partial charge in [0.25, 0.3) is 0 Å². The summed E-state index contributed by atoms with van der Waals surface area (Å²) >= 11 is 1.86. The average molecular weight is 235 g/mol. The minimum absolute atomic E-state index is 0.542. The number of amidine groups is 1. The minimum atomic E-state index is 0.542. The molecule has 0 bridgehead atoms. The van der Waals surface area contributed by atoms with Crippen molar-refractivity contribution in [2.75, 3.05) is 5.75 Å². The molecule has 0 atom stereocenters. The molecule has 0 spiro atoms. The Bertz CT molecular complexity index is 347. The second-order valence-electron chi connectivity index (χ2n) is 3.98. The van der Waals surface area contributed by atoms with Crippen LogP contribution in [0.2, 0.25) is 0 Å². The molecular formula is C12H17N3S. The molecule has 2 rings (SSSR count). The zero-order valence-electron chi connectivity index (χ0n) is 9.30. The average Bonchev–Trinajstić information content (AvgIpc) is 3.10. The summed E-state index contributed by atoms with van der Waals surface area (Å²) in [6.07, 6.45) is 5.18. The van der Waals surface area contributed by atoms with Crippen molar-refractivity contribution in [1.29, 1.82) is 0 Å². The highest BCUT2D eigenvalue weighted by Gasteiger charge is 2.20. The minimum Gasteiger partial charge on any atom is -0.387 e. The van der Waals surface area contributed by atoms with E-state index < -0.39 is 0 Å². The maximum Gasteiger partial charge on any atom is 0.0948 e. The number of aliphatic imine (C=N–C) groups is 1. The van der Waals surface area contributed by atoms with E-state index in [1.54, 1.807) is 0 Å². The maximum atomic E-state index is 5.82. The summed E-state index contributed by atoms with van der Waals surface area (Å²) in [7, 11) is 0. The van der Waals surface area contributed by atoms with Gasteiger partial charge in [-0.2, -0.15) is 11.8 Å². The molecule has 3 nitrogen and oxygen atoms in total. The van der Waals surface area contributed by atoms with Gasteiger partial charge in [0.15, 0.2) is 0 Å². The molecule has 0 unspecified atom stereocenters. The van der Waals surface area contributed by atoms with Gasteiger partial charge in [0.05, 0.1) is 17.6 Å². The fraction of sp³-hybridized carbons (Fsp3) is 0.500. The van der Waals surface area contributed by atoms with E-state index in [9.17, 15) is 0 Å². The van der Waals surface area contributed by atoms with Gasteiger partial charge in [0.2, 0.25) is 0 Å². The fourth-order valence-corrected chi connectivity index (χ4v) is 2.22. The lowest BCUT2D eigenvalue weighted by Crippen LogP contribution is -2.13. The number of thioether (sulfide) groups is 1. The van der Waals surface area contributed by atoms with E-state index in [4.69, 9.17) is 5.73 Å². The fourth-order valence-electron chi connectivity index (χ4n) is 1.34. The molecule has 0 amide bonds.